The Hall–Kier alpha value is -0.920. The molecular weight excluding hydrogens is 288 g/mol. The molecule has 0 spiro atoms. The first-order valence-electron chi connectivity index (χ1n) is 7.63. The molecule has 3 unspecified atom stereocenters. The third-order valence-electron chi connectivity index (χ3n) is 4.54. The number of rotatable bonds is 6. The van der Waals surface area contributed by atoms with Gasteiger partial charge in [0.1, 0.15) is 4.90 Å². The van der Waals surface area contributed by atoms with Gasteiger partial charge in [0.05, 0.1) is 11.4 Å². The largest absolute Gasteiger partial charge is 0.311 e. The molecule has 1 aromatic heterocycles. The Balaban J connectivity index is 2.21. The van der Waals surface area contributed by atoms with Gasteiger partial charge in [-0.25, -0.2) is 13.1 Å². The van der Waals surface area contributed by atoms with Crippen molar-refractivity contribution in [2.24, 2.45) is 11.8 Å². The van der Waals surface area contributed by atoms with Gasteiger partial charge in [0.2, 0.25) is 10.0 Å². The molecule has 1 aliphatic rings. The molecule has 1 aliphatic carbocycles. The second kappa shape index (κ2) is 6.46. The van der Waals surface area contributed by atoms with Crippen LogP contribution in [-0.2, 0) is 16.6 Å². The van der Waals surface area contributed by atoms with E-state index in [4.69, 9.17) is 0 Å². The Morgan fingerprint density at radius 3 is 2.62 bits per heavy atom. The third-order valence-corrected chi connectivity index (χ3v) is 6.24. The molecule has 0 aromatic carbocycles. The molecule has 1 fully saturated rings. The summed E-state index contributed by atoms with van der Waals surface area (Å²) in [5.41, 5.74) is 1.15. The summed E-state index contributed by atoms with van der Waals surface area (Å²) >= 11 is 0. The molecule has 2 rings (SSSR count). The zero-order chi connectivity index (χ0) is 15.6. The van der Waals surface area contributed by atoms with E-state index < -0.39 is 10.0 Å². The quantitative estimate of drug-likeness (QED) is 0.743. The molecule has 1 aromatic rings. The van der Waals surface area contributed by atoms with Crippen molar-refractivity contribution in [1.29, 1.82) is 0 Å². The molecule has 3 atom stereocenters. The van der Waals surface area contributed by atoms with Crippen LogP contribution in [0.2, 0.25) is 0 Å². The maximum Gasteiger partial charge on any atom is 0.244 e. The van der Waals surface area contributed by atoms with Gasteiger partial charge >= 0.3 is 0 Å². The van der Waals surface area contributed by atoms with Crippen LogP contribution in [0.5, 0.6) is 0 Å². The summed E-state index contributed by atoms with van der Waals surface area (Å²) in [6, 6.07) is 0.0197. The van der Waals surface area contributed by atoms with Gasteiger partial charge in [-0.3, -0.25) is 5.10 Å². The lowest BCUT2D eigenvalue weighted by Gasteiger charge is -2.20. The molecular formula is C14H26N4O2S. The molecule has 6 nitrogen and oxygen atoms in total. The molecule has 1 heterocycles. The van der Waals surface area contributed by atoms with Crippen molar-refractivity contribution in [3.8, 4) is 0 Å². The van der Waals surface area contributed by atoms with Gasteiger partial charge < -0.3 is 5.32 Å². The van der Waals surface area contributed by atoms with Crippen molar-refractivity contribution in [1.82, 2.24) is 20.2 Å². The normalized spacial score (nSPS) is 26.4. The highest BCUT2D eigenvalue weighted by atomic mass is 32.2. The fourth-order valence-corrected chi connectivity index (χ4v) is 4.70. The lowest BCUT2D eigenvalue weighted by molar-refractivity contribution is 0.402. The summed E-state index contributed by atoms with van der Waals surface area (Å²) in [6.07, 6.45) is 1.98. The van der Waals surface area contributed by atoms with Crippen LogP contribution in [0.25, 0.3) is 0 Å². The smallest absolute Gasteiger partial charge is 0.244 e. The van der Waals surface area contributed by atoms with Crippen LogP contribution in [0.1, 0.15) is 45.0 Å². The highest BCUT2D eigenvalue weighted by molar-refractivity contribution is 7.89. The number of aromatic nitrogens is 2. The summed E-state index contributed by atoms with van der Waals surface area (Å²) in [6.45, 7) is 9.25. The second-order valence-electron chi connectivity index (χ2n) is 6.05. The van der Waals surface area contributed by atoms with E-state index in [0.29, 0.717) is 34.7 Å². The van der Waals surface area contributed by atoms with Crippen LogP contribution < -0.4 is 10.0 Å². The summed E-state index contributed by atoms with van der Waals surface area (Å²) in [7, 11) is -3.53. The molecule has 0 bridgehead atoms. The lowest BCUT2D eigenvalue weighted by atomic mass is 9.98. The predicted octanol–water partition coefficient (Wildman–Crippen LogP) is 1.54. The first-order chi connectivity index (χ1) is 9.86. The Kier molecular flexibility index (Phi) is 5.06. The third kappa shape index (κ3) is 3.46. The Morgan fingerprint density at radius 1 is 1.33 bits per heavy atom. The highest BCUT2D eigenvalue weighted by Crippen LogP contribution is 2.32. The topological polar surface area (TPSA) is 86.9 Å². The van der Waals surface area contributed by atoms with E-state index in [-0.39, 0.29) is 6.04 Å². The van der Waals surface area contributed by atoms with E-state index in [1.807, 2.05) is 6.92 Å². The van der Waals surface area contributed by atoms with E-state index in [0.717, 1.165) is 19.4 Å². The zero-order valence-electron chi connectivity index (χ0n) is 13.2. The first kappa shape index (κ1) is 16.5. The summed E-state index contributed by atoms with van der Waals surface area (Å²) in [5, 5.41) is 10.0. The minimum Gasteiger partial charge on any atom is -0.311 e. The van der Waals surface area contributed by atoms with Gasteiger partial charge in [-0.1, -0.05) is 20.8 Å². The van der Waals surface area contributed by atoms with Gasteiger partial charge in [0, 0.05) is 12.6 Å². The molecule has 3 N–H and O–H groups in total. The van der Waals surface area contributed by atoms with Crippen LogP contribution in [0, 0.1) is 18.8 Å². The average molecular weight is 314 g/mol. The van der Waals surface area contributed by atoms with Gasteiger partial charge in [-0.2, -0.15) is 5.10 Å². The average Bonchev–Trinajstić information content (AvgIpc) is 2.94. The fourth-order valence-electron chi connectivity index (χ4n) is 2.98. The second-order valence-corrected chi connectivity index (χ2v) is 7.70. The molecule has 0 amide bonds. The SMILES string of the molecule is CCNCc1n[nH]c(C)c1S(=O)(=O)NC1CCC(C)C1C. The Bertz CT molecular complexity index is 582. The van der Waals surface area contributed by atoms with Gasteiger partial charge in [-0.15, -0.1) is 0 Å². The van der Waals surface area contributed by atoms with E-state index in [1.165, 1.54) is 0 Å². The predicted molar refractivity (Wildman–Crippen MR) is 82.4 cm³/mol. The van der Waals surface area contributed by atoms with Crippen LogP contribution in [0.4, 0.5) is 0 Å². The van der Waals surface area contributed by atoms with Crippen LogP contribution in [0.15, 0.2) is 4.90 Å². The minimum absolute atomic E-state index is 0.0197. The number of sulfonamides is 1. The fraction of sp³-hybridized carbons (Fsp3) is 0.786. The molecule has 1 saturated carbocycles. The minimum atomic E-state index is -3.53. The van der Waals surface area contributed by atoms with Crippen molar-refractivity contribution in [2.75, 3.05) is 6.54 Å². The van der Waals surface area contributed by atoms with E-state index in [1.54, 1.807) is 6.92 Å². The molecule has 0 aliphatic heterocycles. The summed E-state index contributed by atoms with van der Waals surface area (Å²) in [4.78, 5) is 0.301. The maximum absolute atomic E-state index is 12.7. The van der Waals surface area contributed by atoms with Gasteiger partial charge in [0.15, 0.2) is 0 Å². The van der Waals surface area contributed by atoms with Crippen LogP contribution >= 0.6 is 0 Å². The monoisotopic (exact) mass is 314 g/mol. The zero-order valence-corrected chi connectivity index (χ0v) is 14.0. The number of hydrogen-bond donors (Lipinski definition) is 3. The van der Waals surface area contributed by atoms with E-state index in [2.05, 4.69) is 34.1 Å². The number of aromatic amines is 1. The van der Waals surface area contributed by atoms with Crippen LogP contribution in [0.3, 0.4) is 0 Å². The van der Waals surface area contributed by atoms with Gasteiger partial charge in [-0.05, 0) is 38.1 Å². The summed E-state index contributed by atoms with van der Waals surface area (Å²) < 4.78 is 28.3. The Morgan fingerprint density at radius 2 is 2.05 bits per heavy atom. The molecule has 0 radical (unpaired) electrons. The number of hydrogen-bond acceptors (Lipinski definition) is 4. The standard InChI is InChI=1S/C14H26N4O2S/c1-5-15-8-13-14(11(4)16-17-13)21(19,20)18-12-7-6-9(2)10(12)3/h9-10,12,15,18H,5-8H2,1-4H3,(H,16,17). The maximum atomic E-state index is 12.7. The first-order valence-corrected chi connectivity index (χ1v) is 9.12. The Labute approximate surface area is 127 Å². The summed E-state index contributed by atoms with van der Waals surface area (Å²) in [5.74, 6) is 0.925. The van der Waals surface area contributed by atoms with E-state index in [9.17, 15) is 8.42 Å². The number of aryl methyl sites for hydroxylation is 1. The van der Waals surface area contributed by atoms with Crippen LogP contribution in [-0.4, -0.2) is 31.2 Å². The molecule has 7 heteroatoms. The lowest BCUT2D eigenvalue weighted by Crippen LogP contribution is -2.38. The molecule has 120 valence electrons. The van der Waals surface area contributed by atoms with Crippen molar-refractivity contribution >= 4 is 10.0 Å². The van der Waals surface area contributed by atoms with Crippen molar-refractivity contribution in [2.45, 2.75) is 58.0 Å². The van der Waals surface area contributed by atoms with E-state index >= 15 is 0 Å². The van der Waals surface area contributed by atoms with Crippen molar-refractivity contribution < 1.29 is 8.42 Å². The highest BCUT2D eigenvalue weighted by Gasteiger charge is 2.34. The van der Waals surface area contributed by atoms with Crippen molar-refractivity contribution in [3.63, 3.8) is 0 Å². The number of H-pyrrole nitrogens is 1. The van der Waals surface area contributed by atoms with Crippen molar-refractivity contribution in [3.05, 3.63) is 11.4 Å². The number of nitrogens with one attached hydrogen (secondary N) is 3. The number of nitrogens with zero attached hydrogens (tertiary/aromatic N) is 1. The molecule has 0 saturated heterocycles. The molecule has 21 heavy (non-hydrogen) atoms. The van der Waals surface area contributed by atoms with Gasteiger partial charge in [0.25, 0.3) is 0 Å².